The predicted molar refractivity (Wildman–Crippen MR) is 62.5 cm³/mol. The van der Waals surface area contributed by atoms with Gasteiger partial charge in [0.15, 0.2) is 6.54 Å². The molecule has 0 fully saturated rings. The fourth-order valence-electron chi connectivity index (χ4n) is 1.54. The number of hydrogen-bond acceptors (Lipinski definition) is 1. The molecule has 0 saturated carbocycles. The molecule has 0 aliphatic rings. The Balaban J connectivity index is 2.41. The quantitative estimate of drug-likeness (QED) is 0.763. The molecule has 78 valence electrons. The van der Waals surface area contributed by atoms with Crippen LogP contribution in [0.3, 0.4) is 0 Å². The molecular weight excluding hydrogens is 254 g/mol. The third kappa shape index (κ3) is 2.12. The monoisotopic (exact) mass is 266 g/mol. The zero-order chi connectivity index (χ0) is 10.8. The molecule has 1 heterocycles. The molecular formula is C12H13BrNO+. The normalized spacial score (nSPS) is 10.6. The summed E-state index contributed by atoms with van der Waals surface area (Å²) in [6.07, 6.45) is 0. The van der Waals surface area contributed by atoms with Crippen LogP contribution >= 0.6 is 15.9 Å². The maximum atomic E-state index is 5.69. The maximum Gasteiger partial charge on any atom is 0.229 e. The van der Waals surface area contributed by atoms with Crippen molar-refractivity contribution in [2.75, 3.05) is 0 Å². The second-order valence-corrected chi connectivity index (χ2v) is 4.36. The van der Waals surface area contributed by atoms with E-state index in [4.69, 9.17) is 4.52 Å². The van der Waals surface area contributed by atoms with Gasteiger partial charge in [-0.05, 0) is 35.9 Å². The Kier molecular flexibility index (Phi) is 2.91. The minimum Gasteiger partial charge on any atom is -0.236 e. The lowest BCUT2D eigenvalue weighted by Crippen LogP contribution is -2.32. The first-order valence-electron chi connectivity index (χ1n) is 4.97. The van der Waals surface area contributed by atoms with Crippen LogP contribution in [-0.2, 0) is 6.54 Å². The molecule has 2 rings (SSSR count). The number of rotatable bonds is 2. The summed E-state index contributed by atoms with van der Waals surface area (Å²) in [5.41, 5.74) is 2.25. The lowest BCUT2D eigenvalue weighted by Gasteiger charge is -1.93. The van der Waals surface area contributed by atoms with E-state index in [-0.39, 0.29) is 0 Å². The lowest BCUT2D eigenvalue weighted by atomic mass is 10.2. The van der Waals surface area contributed by atoms with Gasteiger partial charge < -0.3 is 0 Å². The number of nitrogens with zero attached hydrogens (tertiary/aromatic N) is 1. The average Bonchev–Trinajstić information content (AvgIpc) is 2.61. The molecule has 0 radical (unpaired) electrons. The molecule has 1 aromatic carbocycles. The van der Waals surface area contributed by atoms with E-state index in [2.05, 4.69) is 35.8 Å². The molecule has 0 atom stereocenters. The Labute approximate surface area is 97.6 Å². The molecule has 0 unspecified atom stereocenters. The van der Waals surface area contributed by atoms with Crippen LogP contribution in [-0.4, -0.2) is 0 Å². The van der Waals surface area contributed by atoms with Gasteiger partial charge in [-0.25, -0.2) is 4.52 Å². The average molecular weight is 267 g/mol. The van der Waals surface area contributed by atoms with Crippen LogP contribution in [0.15, 0.2) is 39.3 Å². The Morgan fingerprint density at radius 1 is 1.27 bits per heavy atom. The standard InChI is InChI=1S/C12H13BrNO/c1-3-14-9(2)8-12(15-14)10-4-6-11(13)7-5-10/h4-8H,3H2,1-2H3/q+1. The first-order valence-corrected chi connectivity index (χ1v) is 5.76. The summed E-state index contributed by atoms with van der Waals surface area (Å²) in [4.78, 5) is 0. The highest BCUT2D eigenvalue weighted by Crippen LogP contribution is 2.21. The Bertz CT molecular complexity index is 459. The molecule has 0 bridgehead atoms. The smallest absolute Gasteiger partial charge is 0.229 e. The highest BCUT2D eigenvalue weighted by molar-refractivity contribution is 9.10. The lowest BCUT2D eigenvalue weighted by molar-refractivity contribution is -0.864. The van der Waals surface area contributed by atoms with Gasteiger partial charge in [-0.1, -0.05) is 15.9 Å². The molecule has 0 N–H and O–H groups in total. The topological polar surface area (TPSA) is 17.0 Å². The molecule has 3 heteroatoms. The molecule has 0 amide bonds. The molecule has 0 aliphatic carbocycles. The van der Waals surface area contributed by atoms with Crippen LogP contribution in [0, 0.1) is 6.92 Å². The number of aryl methyl sites for hydroxylation is 2. The Hall–Kier alpha value is -1.09. The highest BCUT2D eigenvalue weighted by atomic mass is 79.9. The summed E-state index contributed by atoms with van der Waals surface area (Å²) in [6, 6.07) is 10.2. The van der Waals surface area contributed by atoms with Gasteiger partial charge in [0.2, 0.25) is 11.5 Å². The molecule has 2 aromatic rings. The fourth-order valence-corrected chi connectivity index (χ4v) is 1.81. The summed E-state index contributed by atoms with van der Waals surface area (Å²) in [5.74, 6) is 0.918. The van der Waals surface area contributed by atoms with Gasteiger partial charge in [0.05, 0.1) is 6.07 Å². The maximum absolute atomic E-state index is 5.69. The number of halogens is 1. The zero-order valence-corrected chi connectivity index (χ0v) is 10.4. The third-order valence-corrected chi connectivity index (χ3v) is 2.89. The van der Waals surface area contributed by atoms with Gasteiger partial charge in [-0.2, -0.15) is 0 Å². The van der Waals surface area contributed by atoms with Crippen molar-refractivity contribution in [3.63, 3.8) is 0 Å². The second kappa shape index (κ2) is 4.19. The van der Waals surface area contributed by atoms with E-state index in [1.165, 1.54) is 0 Å². The number of hydrogen-bond donors (Lipinski definition) is 0. The van der Waals surface area contributed by atoms with E-state index in [1.807, 2.05) is 29.0 Å². The van der Waals surface area contributed by atoms with Crippen molar-refractivity contribution < 1.29 is 9.26 Å². The summed E-state index contributed by atoms with van der Waals surface area (Å²) in [7, 11) is 0. The van der Waals surface area contributed by atoms with Gasteiger partial charge >= 0.3 is 0 Å². The van der Waals surface area contributed by atoms with Gasteiger partial charge in [-0.3, -0.25) is 0 Å². The predicted octanol–water partition coefficient (Wildman–Crippen LogP) is 3.32. The van der Waals surface area contributed by atoms with Crippen LogP contribution in [0.4, 0.5) is 0 Å². The second-order valence-electron chi connectivity index (χ2n) is 3.44. The summed E-state index contributed by atoms with van der Waals surface area (Å²) >= 11 is 3.42. The van der Waals surface area contributed by atoms with Crippen LogP contribution in [0.2, 0.25) is 0 Å². The summed E-state index contributed by atoms with van der Waals surface area (Å²) in [6.45, 7) is 4.99. The summed E-state index contributed by atoms with van der Waals surface area (Å²) in [5, 5.41) is 0. The van der Waals surface area contributed by atoms with Crippen molar-refractivity contribution in [1.29, 1.82) is 0 Å². The third-order valence-electron chi connectivity index (χ3n) is 2.36. The first kappa shape index (κ1) is 10.4. The van der Waals surface area contributed by atoms with E-state index in [9.17, 15) is 0 Å². The van der Waals surface area contributed by atoms with E-state index >= 15 is 0 Å². The highest BCUT2D eigenvalue weighted by Gasteiger charge is 2.14. The SMILES string of the molecule is CC[n+]1oc(-c2ccc(Br)cc2)cc1C. The van der Waals surface area contributed by atoms with E-state index in [0.29, 0.717) is 0 Å². The molecule has 15 heavy (non-hydrogen) atoms. The van der Waals surface area contributed by atoms with Crippen LogP contribution in [0.25, 0.3) is 11.3 Å². The first-order chi connectivity index (χ1) is 7.20. The number of aromatic nitrogens is 1. The molecule has 0 aliphatic heterocycles. The summed E-state index contributed by atoms with van der Waals surface area (Å²) < 4.78 is 8.66. The van der Waals surface area contributed by atoms with Crippen LogP contribution in [0.1, 0.15) is 12.6 Å². The van der Waals surface area contributed by atoms with Crippen LogP contribution in [0.5, 0.6) is 0 Å². The largest absolute Gasteiger partial charge is 0.236 e. The van der Waals surface area contributed by atoms with E-state index in [0.717, 1.165) is 28.0 Å². The Morgan fingerprint density at radius 3 is 2.47 bits per heavy atom. The van der Waals surface area contributed by atoms with Crippen molar-refractivity contribution in [3.05, 3.63) is 40.5 Å². The molecule has 0 spiro atoms. The van der Waals surface area contributed by atoms with Crippen LogP contribution < -0.4 is 4.74 Å². The van der Waals surface area contributed by atoms with Gasteiger partial charge in [0.25, 0.3) is 0 Å². The van der Waals surface area contributed by atoms with Crippen molar-refractivity contribution in [1.82, 2.24) is 0 Å². The van der Waals surface area contributed by atoms with Gasteiger partial charge in [0.1, 0.15) is 0 Å². The van der Waals surface area contributed by atoms with Crippen molar-refractivity contribution in [2.45, 2.75) is 20.4 Å². The van der Waals surface area contributed by atoms with Crippen molar-refractivity contribution in [3.8, 4) is 11.3 Å². The minimum atomic E-state index is 0.863. The van der Waals surface area contributed by atoms with Gasteiger partial charge in [0, 0.05) is 17.0 Å². The minimum absolute atomic E-state index is 0.863. The molecule has 2 nitrogen and oxygen atoms in total. The Morgan fingerprint density at radius 2 is 1.93 bits per heavy atom. The van der Waals surface area contributed by atoms with Gasteiger partial charge in [-0.15, -0.1) is 0 Å². The zero-order valence-electron chi connectivity index (χ0n) is 8.83. The van der Waals surface area contributed by atoms with Crippen molar-refractivity contribution in [2.24, 2.45) is 0 Å². The fraction of sp³-hybridized carbons (Fsp3) is 0.250. The van der Waals surface area contributed by atoms with E-state index < -0.39 is 0 Å². The molecule has 1 aromatic heterocycles. The molecule has 0 saturated heterocycles. The van der Waals surface area contributed by atoms with E-state index in [1.54, 1.807) is 0 Å². The van der Waals surface area contributed by atoms with Crippen molar-refractivity contribution >= 4 is 15.9 Å². The number of benzene rings is 1.